The lowest BCUT2D eigenvalue weighted by Gasteiger charge is -2.20. The summed E-state index contributed by atoms with van der Waals surface area (Å²) in [4.78, 5) is 16.6. The second-order valence-corrected chi connectivity index (χ2v) is 4.54. The van der Waals surface area contributed by atoms with Gasteiger partial charge in [-0.1, -0.05) is 18.2 Å². The van der Waals surface area contributed by atoms with E-state index >= 15 is 0 Å². The summed E-state index contributed by atoms with van der Waals surface area (Å²) in [5, 5.41) is 8.71. The highest BCUT2D eigenvalue weighted by Crippen LogP contribution is 2.20. The van der Waals surface area contributed by atoms with Crippen LogP contribution in [-0.4, -0.2) is 23.1 Å². The van der Waals surface area contributed by atoms with Crippen molar-refractivity contribution in [2.75, 3.05) is 11.9 Å². The molecule has 0 saturated heterocycles. The van der Waals surface area contributed by atoms with Gasteiger partial charge in [-0.2, -0.15) is 0 Å². The molecule has 0 bridgehead atoms. The van der Waals surface area contributed by atoms with Crippen molar-refractivity contribution >= 4 is 17.9 Å². The molecule has 0 saturated carbocycles. The number of nitrogens with zero attached hydrogens (tertiary/aromatic N) is 2. The Balaban J connectivity index is 2.25. The summed E-state index contributed by atoms with van der Waals surface area (Å²) in [6.45, 7) is 0.345. The fourth-order valence-electron chi connectivity index (χ4n) is 1.98. The SMILES string of the molecule is CN(Cc1ccccc1F)c1ncccc1/C=C/C(=O)O. The van der Waals surface area contributed by atoms with Crippen LogP contribution in [-0.2, 0) is 11.3 Å². The topological polar surface area (TPSA) is 53.4 Å². The van der Waals surface area contributed by atoms with E-state index in [0.717, 1.165) is 6.08 Å². The number of carboxylic acids is 1. The lowest BCUT2D eigenvalue weighted by Crippen LogP contribution is -2.19. The van der Waals surface area contributed by atoms with Crippen LogP contribution in [0.15, 0.2) is 48.7 Å². The summed E-state index contributed by atoms with van der Waals surface area (Å²) in [5.74, 6) is -0.706. The Hall–Kier alpha value is -2.69. The van der Waals surface area contributed by atoms with Gasteiger partial charge in [0.2, 0.25) is 0 Å². The molecule has 21 heavy (non-hydrogen) atoms. The van der Waals surface area contributed by atoms with Crippen LogP contribution in [0.5, 0.6) is 0 Å². The molecule has 0 amide bonds. The fourth-order valence-corrected chi connectivity index (χ4v) is 1.98. The lowest BCUT2D eigenvalue weighted by atomic mass is 10.2. The molecule has 108 valence electrons. The van der Waals surface area contributed by atoms with Gasteiger partial charge in [0.1, 0.15) is 11.6 Å². The largest absolute Gasteiger partial charge is 0.478 e. The van der Waals surface area contributed by atoms with Crippen molar-refractivity contribution in [1.82, 2.24) is 4.98 Å². The third-order valence-corrected chi connectivity index (χ3v) is 2.95. The molecule has 0 unspecified atom stereocenters. The summed E-state index contributed by atoms with van der Waals surface area (Å²) in [7, 11) is 1.78. The maximum Gasteiger partial charge on any atom is 0.328 e. The molecule has 5 heteroatoms. The molecular formula is C16H15FN2O2. The second-order valence-electron chi connectivity index (χ2n) is 4.54. The minimum Gasteiger partial charge on any atom is -0.478 e. The Morgan fingerprint density at radius 3 is 2.81 bits per heavy atom. The Morgan fingerprint density at radius 1 is 1.33 bits per heavy atom. The molecule has 0 radical (unpaired) electrons. The van der Waals surface area contributed by atoms with Crippen molar-refractivity contribution in [2.24, 2.45) is 0 Å². The van der Waals surface area contributed by atoms with Crippen LogP contribution in [0.25, 0.3) is 6.08 Å². The van der Waals surface area contributed by atoms with Gasteiger partial charge in [0.15, 0.2) is 0 Å². The van der Waals surface area contributed by atoms with Crippen molar-refractivity contribution in [3.63, 3.8) is 0 Å². The van der Waals surface area contributed by atoms with E-state index in [1.54, 1.807) is 48.5 Å². The molecule has 1 aromatic heterocycles. The number of aliphatic carboxylic acids is 1. The van der Waals surface area contributed by atoms with Crippen molar-refractivity contribution in [1.29, 1.82) is 0 Å². The molecule has 1 N–H and O–H groups in total. The van der Waals surface area contributed by atoms with Gasteiger partial charge >= 0.3 is 5.97 Å². The molecule has 2 rings (SSSR count). The summed E-state index contributed by atoms with van der Waals surface area (Å²) >= 11 is 0. The Labute approximate surface area is 122 Å². The minimum atomic E-state index is -1.03. The number of anilines is 1. The number of hydrogen-bond acceptors (Lipinski definition) is 3. The van der Waals surface area contributed by atoms with Crippen molar-refractivity contribution < 1.29 is 14.3 Å². The average Bonchev–Trinajstić information content (AvgIpc) is 2.47. The first-order valence-corrected chi connectivity index (χ1v) is 6.38. The van der Waals surface area contributed by atoms with E-state index in [1.807, 2.05) is 0 Å². The first-order valence-electron chi connectivity index (χ1n) is 6.38. The smallest absolute Gasteiger partial charge is 0.328 e. The molecule has 4 nitrogen and oxygen atoms in total. The molecular weight excluding hydrogens is 271 g/mol. The number of benzene rings is 1. The van der Waals surface area contributed by atoms with Gasteiger partial charge in [-0.25, -0.2) is 14.2 Å². The molecule has 1 heterocycles. The van der Waals surface area contributed by atoms with Crippen LogP contribution in [0.1, 0.15) is 11.1 Å². The van der Waals surface area contributed by atoms with E-state index in [9.17, 15) is 9.18 Å². The summed E-state index contributed by atoms with van der Waals surface area (Å²) < 4.78 is 13.7. The van der Waals surface area contributed by atoms with Crippen LogP contribution in [0.2, 0.25) is 0 Å². The summed E-state index contributed by atoms with van der Waals surface area (Å²) in [6.07, 6.45) is 4.14. The van der Waals surface area contributed by atoms with Crippen molar-refractivity contribution in [2.45, 2.75) is 6.54 Å². The van der Waals surface area contributed by atoms with Gasteiger partial charge < -0.3 is 10.0 Å². The van der Waals surface area contributed by atoms with Crippen LogP contribution < -0.4 is 4.90 Å². The summed E-state index contributed by atoms with van der Waals surface area (Å²) in [5.41, 5.74) is 1.22. The van der Waals surface area contributed by atoms with E-state index in [0.29, 0.717) is 23.5 Å². The first-order chi connectivity index (χ1) is 10.1. The van der Waals surface area contributed by atoms with Gasteiger partial charge in [0.25, 0.3) is 0 Å². The predicted octanol–water partition coefficient (Wildman–Crippen LogP) is 2.95. The highest BCUT2D eigenvalue weighted by atomic mass is 19.1. The molecule has 0 fully saturated rings. The number of pyridine rings is 1. The number of halogens is 1. The third kappa shape index (κ3) is 3.89. The second kappa shape index (κ2) is 6.65. The van der Waals surface area contributed by atoms with Gasteiger partial charge in [0, 0.05) is 37.0 Å². The van der Waals surface area contributed by atoms with E-state index in [2.05, 4.69) is 4.98 Å². The molecule has 0 atom stereocenters. The number of carbonyl (C=O) groups is 1. The Morgan fingerprint density at radius 2 is 2.10 bits per heavy atom. The fraction of sp³-hybridized carbons (Fsp3) is 0.125. The molecule has 1 aromatic carbocycles. The Kier molecular flexibility index (Phi) is 4.66. The summed E-state index contributed by atoms with van der Waals surface area (Å²) in [6, 6.07) is 10.0. The average molecular weight is 286 g/mol. The third-order valence-electron chi connectivity index (χ3n) is 2.95. The maximum atomic E-state index is 13.7. The van der Waals surface area contributed by atoms with E-state index in [1.165, 1.54) is 12.1 Å². The first kappa shape index (κ1) is 14.7. The highest BCUT2D eigenvalue weighted by molar-refractivity contribution is 5.86. The van der Waals surface area contributed by atoms with Gasteiger partial charge in [-0.05, 0) is 24.3 Å². The maximum absolute atomic E-state index is 13.7. The normalized spacial score (nSPS) is 10.8. The molecule has 0 aliphatic heterocycles. The molecule has 2 aromatic rings. The van der Waals surface area contributed by atoms with E-state index < -0.39 is 5.97 Å². The standard InChI is InChI=1S/C16H15FN2O2/c1-19(11-13-5-2-3-7-14(13)17)16-12(6-4-10-18-16)8-9-15(20)21/h2-10H,11H2,1H3,(H,20,21)/b9-8+. The van der Waals surface area contributed by atoms with Gasteiger partial charge in [-0.3, -0.25) is 0 Å². The number of carboxylic acid groups (broad SMARTS) is 1. The van der Waals surface area contributed by atoms with Gasteiger partial charge in [0.05, 0.1) is 0 Å². The highest BCUT2D eigenvalue weighted by Gasteiger charge is 2.10. The van der Waals surface area contributed by atoms with Crippen LogP contribution in [0, 0.1) is 5.82 Å². The molecule has 0 spiro atoms. The predicted molar refractivity (Wildman–Crippen MR) is 79.4 cm³/mol. The molecule has 0 aliphatic carbocycles. The van der Waals surface area contributed by atoms with E-state index in [-0.39, 0.29) is 5.82 Å². The zero-order chi connectivity index (χ0) is 15.2. The molecule has 0 aliphatic rings. The minimum absolute atomic E-state index is 0.275. The lowest BCUT2D eigenvalue weighted by molar-refractivity contribution is -0.131. The Bertz CT molecular complexity index is 671. The zero-order valence-electron chi connectivity index (χ0n) is 11.5. The number of rotatable bonds is 5. The number of aromatic nitrogens is 1. The monoisotopic (exact) mass is 286 g/mol. The number of hydrogen-bond donors (Lipinski definition) is 1. The van der Waals surface area contributed by atoms with Gasteiger partial charge in [-0.15, -0.1) is 0 Å². The van der Waals surface area contributed by atoms with Crippen LogP contribution >= 0.6 is 0 Å². The van der Waals surface area contributed by atoms with Crippen LogP contribution in [0.4, 0.5) is 10.2 Å². The van der Waals surface area contributed by atoms with E-state index in [4.69, 9.17) is 5.11 Å². The van der Waals surface area contributed by atoms with Crippen molar-refractivity contribution in [3.8, 4) is 0 Å². The zero-order valence-corrected chi connectivity index (χ0v) is 11.5. The van der Waals surface area contributed by atoms with Crippen LogP contribution in [0.3, 0.4) is 0 Å². The van der Waals surface area contributed by atoms with Crippen molar-refractivity contribution in [3.05, 3.63) is 65.6 Å². The quantitative estimate of drug-likeness (QED) is 0.859.